The Morgan fingerprint density at radius 1 is 1.29 bits per heavy atom. The fourth-order valence-corrected chi connectivity index (χ4v) is 3.73. The molecule has 4 heteroatoms. The molecule has 0 aromatic heterocycles. The van der Waals surface area contributed by atoms with Gasteiger partial charge >= 0.3 is 0 Å². The zero-order valence-corrected chi connectivity index (χ0v) is 14.2. The molecule has 1 atom stereocenters. The van der Waals surface area contributed by atoms with E-state index in [0.717, 1.165) is 25.9 Å². The maximum atomic E-state index is 12.4. The van der Waals surface area contributed by atoms with Crippen LogP contribution in [0.4, 0.5) is 0 Å². The SMILES string of the molecule is Cc1ccccc1SCC(=O)N1CCC[C@H](N(C)C)CC1. The van der Waals surface area contributed by atoms with Crippen molar-refractivity contribution in [1.82, 2.24) is 9.80 Å². The van der Waals surface area contributed by atoms with E-state index in [-0.39, 0.29) is 5.91 Å². The Morgan fingerprint density at radius 3 is 2.76 bits per heavy atom. The van der Waals surface area contributed by atoms with Crippen LogP contribution in [0.2, 0.25) is 0 Å². The zero-order chi connectivity index (χ0) is 15.2. The predicted octanol–water partition coefficient (Wildman–Crippen LogP) is 3.03. The number of carbonyl (C=O) groups excluding carboxylic acids is 1. The summed E-state index contributed by atoms with van der Waals surface area (Å²) < 4.78 is 0. The van der Waals surface area contributed by atoms with Gasteiger partial charge in [0.1, 0.15) is 0 Å². The van der Waals surface area contributed by atoms with E-state index in [1.807, 2.05) is 12.1 Å². The maximum Gasteiger partial charge on any atom is 0.232 e. The first kappa shape index (κ1) is 16.4. The van der Waals surface area contributed by atoms with E-state index in [0.29, 0.717) is 11.8 Å². The fourth-order valence-electron chi connectivity index (χ4n) is 2.79. The number of benzene rings is 1. The number of rotatable bonds is 4. The Hall–Kier alpha value is -1.00. The summed E-state index contributed by atoms with van der Waals surface area (Å²) in [5.74, 6) is 0.833. The average molecular weight is 306 g/mol. The van der Waals surface area contributed by atoms with Crippen LogP contribution in [0.15, 0.2) is 29.2 Å². The minimum Gasteiger partial charge on any atom is -0.342 e. The number of hydrogen-bond acceptors (Lipinski definition) is 3. The van der Waals surface area contributed by atoms with Crippen molar-refractivity contribution in [2.24, 2.45) is 0 Å². The molecule has 116 valence electrons. The quantitative estimate of drug-likeness (QED) is 0.799. The highest BCUT2D eigenvalue weighted by Gasteiger charge is 2.21. The van der Waals surface area contributed by atoms with Crippen molar-refractivity contribution < 1.29 is 4.79 Å². The summed E-state index contributed by atoms with van der Waals surface area (Å²) in [4.78, 5) is 18.0. The third kappa shape index (κ3) is 4.75. The van der Waals surface area contributed by atoms with E-state index in [1.165, 1.54) is 16.9 Å². The van der Waals surface area contributed by atoms with E-state index in [2.05, 4.69) is 43.0 Å². The molecule has 1 aliphatic rings. The van der Waals surface area contributed by atoms with Gasteiger partial charge in [-0.15, -0.1) is 11.8 Å². The van der Waals surface area contributed by atoms with Gasteiger partial charge in [0.05, 0.1) is 5.75 Å². The summed E-state index contributed by atoms with van der Waals surface area (Å²) in [7, 11) is 4.27. The molecule has 2 rings (SSSR count). The molecule has 1 aromatic rings. The summed E-state index contributed by atoms with van der Waals surface area (Å²) in [6.45, 7) is 3.91. The molecule has 0 radical (unpaired) electrons. The van der Waals surface area contributed by atoms with E-state index < -0.39 is 0 Å². The number of likely N-dealkylation sites (tertiary alicyclic amines) is 1. The lowest BCUT2D eigenvalue weighted by atomic mass is 10.1. The molecule has 1 amide bonds. The number of hydrogen-bond donors (Lipinski definition) is 0. The molecular weight excluding hydrogens is 280 g/mol. The van der Waals surface area contributed by atoms with E-state index in [9.17, 15) is 4.79 Å². The first-order valence-corrected chi connectivity index (χ1v) is 8.69. The van der Waals surface area contributed by atoms with Crippen LogP contribution in [0, 0.1) is 6.92 Å². The van der Waals surface area contributed by atoms with Crippen molar-refractivity contribution in [3.05, 3.63) is 29.8 Å². The van der Waals surface area contributed by atoms with Crippen LogP contribution in [0.3, 0.4) is 0 Å². The Kier molecular flexibility index (Phi) is 6.12. The first-order chi connectivity index (χ1) is 10.1. The monoisotopic (exact) mass is 306 g/mol. The third-order valence-corrected chi connectivity index (χ3v) is 5.39. The largest absolute Gasteiger partial charge is 0.342 e. The van der Waals surface area contributed by atoms with Crippen molar-refractivity contribution in [2.75, 3.05) is 32.9 Å². The number of thioether (sulfide) groups is 1. The lowest BCUT2D eigenvalue weighted by Gasteiger charge is -2.23. The summed E-state index contributed by atoms with van der Waals surface area (Å²) in [5.41, 5.74) is 1.25. The Morgan fingerprint density at radius 2 is 2.05 bits per heavy atom. The van der Waals surface area contributed by atoms with Crippen LogP contribution in [0.1, 0.15) is 24.8 Å². The van der Waals surface area contributed by atoms with Crippen molar-refractivity contribution in [3.8, 4) is 0 Å². The number of carbonyl (C=O) groups is 1. The second kappa shape index (κ2) is 7.85. The second-order valence-electron chi connectivity index (χ2n) is 5.98. The smallest absolute Gasteiger partial charge is 0.232 e. The third-order valence-electron chi connectivity index (χ3n) is 4.23. The van der Waals surface area contributed by atoms with Gasteiger partial charge in [-0.25, -0.2) is 0 Å². The molecule has 0 bridgehead atoms. The van der Waals surface area contributed by atoms with Gasteiger partial charge in [0.25, 0.3) is 0 Å². The molecule has 0 aliphatic carbocycles. The lowest BCUT2D eigenvalue weighted by molar-refractivity contribution is -0.128. The molecule has 1 fully saturated rings. The van der Waals surface area contributed by atoms with Crippen molar-refractivity contribution in [3.63, 3.8) is 0 Å². The van der Waals surface area contributed by atoms with Gasteiger partial charge in [0, 0.05) is 24.0 Å². The molecule has 0 N–H and O–H groups in total. The standard InChI is InChI=1S/C17H26N2OS/c1-14-7-4-5-9-16(14)21-13-17(20)19-11-6-8-15(10-12-19)18(2)3/h4-5,7,9,15H,6,8,10-13H2,1-3H3/t15-/m0/s1. The molecule has 3 nitrogen and oxygen atoms in total. The molecule has 0 unspecified atom stereocenters. The van der Waals surface area contributed by atoms with Crippen LogP contribution in [-0.4, -0.2) is 54.7 Å². The molecule has 0 spiro atoms. The summed E-state index contributed by atoms with van der Waals surface area (Å²) >= 11 is 1.66. The van der Waals surface area contributed by atoms with Gasteiger partial charge in [0.15, 0.2) is 0 Å². The molecular formula is C17H26N2OS. The summed E-state index contributed by atoms with van der Waals surface area (Å²) in [6.07, 6.45) is 3.40. The molecule has 1 saturated heterocycles. The van der Waals surface area contributed by atoms with Gasteiger partial charge in [-0.05, 0) is 51.9 Å². The summed E-state index contributed by atoms with van der Waals surface area (Å²) in [6, 6.07) is 8.88. The average Bonchev–Trinajstić information content (AvgIpc) is 2.72. The normalized spacial score (nSPS) is 19.6. The molecule has 1 aliphatic heterocycles. The van der Waals surface area contributed by atoms with E-state index >= 15 is 0 Å². The highest BCUT2D eigenvalue weighted by Crippen LogP contribution is 2.23. The van der Waals surface area contributed by atoms with Crippen LogP contribution in [-0.2, 0) is 4.79 Å². The number of amides is 1. The van der Waals surface area contributed by atoms with Crippen molar-refractivity contribution in [1.29, 1.82) is 0 Å². The fraction of sp³-hybridized carbons (Fsp3) is 0.588. The number of nitrogens with zero attached hydrogens (tertiary/aromatic N) is 2. The second-order valence-corrected chi connectivity index (χ2v) is 7.00. The van der Waals surface area contributed by atoms with E-state index in [1.54, 1.807) is 11.8 Å². The van der Waals surface area contributed by atoms with Gasteiger partial charge in [-0.3, -0.25) is 4.79 Å². The zero-order valence-electron chi connectivity index (χ0n) is 13.3. The maximum absolute atomic E-state index is 12.4. The van der Waals surface area contributed by atoms with Crippen LogP contribution >= 0.6 is 11.8 Å². The Bertz CT molecular complexity index is 476. The Labute approximate surface area is 132 Å². The highest BCUT2D eigenvalue weighted by atomic mass is 32.2. The molecule has 1 heterocycles. The van der Waals surface area contributed by atoms with Crippen molar-refractivity contribution >= 4 is 17.7 Å². The molecule has 0 saturated carbocycles. The van der Waals surface area contributed by atoms with E-state index in [4.69, 9.17) is 0 Å². The van der Waals surface area contributed by atoms with Gasteiger partial charge in [-0.2, -0.15) is 0 Å². The van der Waals surface area contributed by atoms with Crippen LogP contribution in [0.5, 0.6) is 0 Å². The van der Waals surface area contributed by atoms with Gasteiger partial charge in [-0.1, -0.05) is 18.2 Å². The summed E-state index contributed by atoms with van der Waals surface area (Å²) in [5, 5.41) is 0. The Balaban J connectivity index is 1.85. The molecule has 1 aromatic carbocycles. The van der Waals surface area contributed by atoms with Gasteiger partial charge in [0.2, 0.25) is 5.91 Å². The van der Waals surface area contributed by atoms with Gasteiger partial charge < -0.3 is 9.80 Å². The minimum absolute atomic E-state index is 0.280. The number of aryl methyl sites for hydroxylation is 1. The van der Waals surface area contributed by atoms with Crippen LogP contribution < -0.4 is 0 Å². The highest BCUT2D eigenvalue weighted by molar-refractivity contribution is 8.00. The molecule has 21 heavy (non-hydrogen) atoms. The lowest BCUT2D eigenvalue weighted by Crippen LogP contribution is -2.34. The van der Waals surface area contributed by atoms with Crippen LogP contribution in [0.25, 0.3) is 0 Å². The van der Waals surface area contributed by atoms with Crippen molar-refractivity contribution in [2.45, 2.75) is 37.1 Å². The minimum atomic E-state index is 0.280. The predicted molar refractivity (Wildman–Crippen MR) is 89.8 cm³/mol. The first-order valence-electron chi connectivity index (χ1n) is 7.70. The topological polar surface area (TPSA) is 23.6 Å².